The third-order valence-corrected chi connectivity index (χ3v) is 5.45. The van der Waals surface area contributed by atoms with Crippen LogP contribution in [-0.2, 0) is 9.59 Å². The molecule has 0 radical (unpaired) electrons. The Morgan fingerprint density at radius 1 is 0.892 bits per heavy atom. The molecule has 4 rings (SSSR count). The van der Waals surface area contributed by atoms with E-state index in [1.54, 1.807) is 60.7 Å². The van der Waals surface area contributed by atoms with Gasteiger partial charge < -0.3 is 14.8 Å². The van der Waals surface area contributed by atoms with Crippen LogP contribution < -0.4 is 20.2 Å². The van der Waals surface area contributed by atoms with E-state index in [1.165, 1.54) is 6.21 Å². The third kappa shape index (κ3) is 6.50. The summed E-state index contributed by atoms with van der Waals surface area (Å²) in [5.74, 6) is -1.56. The number of fused-ring (bicyclic) bond motifs is 1. The van der Waals surface area contributed by atoms with Gasteiger partial charge in [-0.2, -0.15) is 5.10 Å². The molecule has 0 aliphatic carbocycles. The normalized spacial score (nSPS) is 10.8. The second-order valence-corrected chi connectivity index (χ2v) is 8.14. The Bertz CT molecular complexity index is 1470. The van der Waals surface area contributed by atoms with E-state index in [0.29, 0.717) is 34.2 Å². The number of nitrogens with one attached hydrogen (secondary N) is 2. The van der Waals surface area contributed by atoms with Crippen LogP contribution in [0.15, 0.2) is 90.0 Å². The molecule has 37 heavy (non-hydrogen) atoms. The van der Waals surface area contributed by atoms with Gasteiger partial charge in [0.15, 0.2) is 0 Å². The highest BCUT2D eigenvalue weighted by Crippen LogP contribution is 2.27. The summed E-state index contributed by atoms with van der Waals surface area (Å²) in [4.78, 5) is 37.2. The number of carbonyl (C=O) groups is 3. The zero-order chi connectivity index (χ0) is 26.2. The van der Waals surface area contributed by atoms with Gasteiger partial charge in [-0.1, -0.05) is 41.9 Å². The fourth-order valence-corrected chi connectivity index (χ4v) is 3.56. The van der Waals surface area contributed by atoms with Crippen LogP contribution in [0, 0.1) is 0 Å². The van der Waals surface area contributed by atoms with Gasteiger partial charge in [-0.3, -0.25) is 9.59 Å². The first-order valence-corrected chi connectivity index (χ1v) is 11.7. The molecule has 186 valence electrons. The number of anilines is 1. The van der Waals surface area contributed by atoms with Crippen molar-refractivity contribution in [3.05, 3.63) is 101 Å². The SMILES string of the molecule is CCOc1ccc(NC(=O)C(=O)NN=Cc2c(OC(=O)c3ccc(Cl)cc3)ccc3ccccc23)cc1. The summed E-state index contributed by atoms with van der Waals surface area (Å²) in [6.07, 6.45) is 1.33. The number of amides is 2. The lowest BCUT2D eigenvalue weighted by Crippen LogP contribution is -2.32. The summed E-state index contributed by atoms with van der Waals surface area (Å²) < 4.78 is 11.0. The zero-order valence-corrected chi connectivity index (χ0v) is 20.5. The minimum Gasteiger partial charge on any atom is -0.494 e. The molecule has 0 unspecified atom stereocenters. The lowest BCUT2D eigenvalue weighted by Gasteiger charge is -2.11. The number of carbonyl (C=O) groups excluding carboxylic acids is 3. The quantitative estimate of drug-likeness (QED) is 0.116. The number of ether oxygens (including phenoxy) is 2. The van der Waals surface area contributed by atoms with Gasteiger partial charge in [-0.15, -0.1) is 0 Å². The average Bonchev–Trinajstić information content (AvgIpc) is 2.91. The molecule has 0 saturated carbocycles. The van der Waals surface area contributed by atoms with E-state index in [0.717, 1.165) is 10.8 Å². The standard InChI is InChI=1S/C28H22ClN3O5/c1-2-36-22-14-12-21(13-15-22)31-26(33)27(34)32-30-17-24-23-6-4-3-5-18(23)9-16-25(24)37-28(35)19-7-10-20(29)11-8-19/h3-17H,2H2,1H3,(H,31,33)(H,32,34). The Morgan fingerprint density at radius 3 is 2.35 bits per heavy atom. The first kappa shape index (κ1) is 25.4. The summed E-state index contributed by atoms with van der Waals surface area (Å²) in [5, 5.41) is 8.53. The summed E-state index contributed by atoms with van der Waals surface area (Å²) in [6, 6.07) is 23.8. The highest BCUT2D eigenvalue weighted by atomic mass is 35.5. The molecule has 0 saturated heterocycles. The van der Waals surface area contributed by atoms with Crippen LogP contribution in [0.25, 0.3) is 10.8 Å². The van der Waals surface area contributed by atoms with Gasteiger partial charge in [-0.25, -0.2) is 10.2 Å². The molecule has 0 aliphatic heterocycles. The van der Waals surface area contributed by atoms with Crippen LogP contribution in [0.2, 0.25) is 5.02 Å². The van der Waals surface area contributed by atoms with Gasteiger partial charge in [0.05, 0.1) is 18.4 Å². The third-order valence-electron chi connectivity index (χ3n) is 5.20. The Kier molecular flexibility index (Phi) is 8.12. The molecule has 4 aromatic rings. The van der Waals surface area contributed by atoms with Crippen molar-refractivity contribution in [1.29, 1.82) is 0 Å². The molecule has 2 N–H and O–H groups in total. The molecule has 0 aliphatic rings. The topological polar surface area (TPSA) is 106 Å². The van der Waals surface area contributed by atoms with Gasteiger partial charge in [0.25, 0.3) is 0 Å². The van der Waals surface area contributed by atoms with Crippen LogP contribution in [0.4, 0.5) is 5.69 Å². The maximum atomic E-state index is 12.7. The molecule has 4 aromatic carbocycles. The van der Waals surface area contributed by atoms with E-state index in [-0.39, 0.29) is 5.75 Å². The van der Waals surface area contributed by atoms with Gasteiger partial charge in [0.2, 0.25) is 0 Å². The summed E-state index contributed by atoms with van der Waals surface area (Å²) in [5.41, 5.74) is 3.40. The van der Waals surface area contributed by atoms with Crippen molar-refractivity contribution >= 4 is 52.1 Å². The summed E-state index contributed by atoms with van der Waals surface area (Å²) >= 11 is 5.90. The molecule has 0 heterocycles. The second-order valence-electron chi connectivity index (χ2n) is 7.71. The van der Waals surface area contributed by atoms with Crippen LogP contribution >= 0.6 is 11.6 Å². The molecular weight excluding hydrogens is 494 g/mol. The van der Waals surface area contributed by atoms with Crippen molar-refractivity contribution in [2.75, 3.05) is 11.9 Å². The number of rotatable bonds is 7. The van der Waals surface area contributed by atoms with E-state index in [2.05, 4.69) is 15.8 Å². The maximum absolute atomic E-state index is 12.7. The smallest absolute Gasteiger partial charge is 0.343 e. The minimum atomic E-state index is -0.968. The minimum absolute atomic E-state index is 0.232. The molecule has 2 amide bonds. The van der Waals surface area contributed by atoms with E-state index in [4.69, 9.17) is 21.1 Å². The molecule has 8 nitrogen and oxygen atoms in total. The molecule has 0 spiro atoms. The van der Waals surface area contributed by atoms with Crippen LogP contribution in [0.1, 0.15) is 22.8 Å². The molecule has 0 bridgehead atoms. The Morgan fingerprint density at radius 2 is 1.62 bits per heavy atom. The van der Waals surface area contributed by atoms with Crippen molar-refractivity contribution in [3.63, 3.8) is 0 Å². The molecule has 0 aromatic heterocycles. The van der Waals surface area contributed by atoms with Crippen LogP contribution in [-0.4, -0.2) is 30.6 Å². The van der Waals surface area contributed by atoms with Crippen molar-refractivity contribution in [3.8, 4) is 11.5 Å². The monoisotopic (exact) mass is 515 g/mol. The van der Waals surface area contributed by atoms with Gasteiger partial charge in [0.1, 0.15) is 11.5 Å². The zero-order valence-electron chi connectivity index (χ0n) is 19.7. The number of hydrogen-bond donors (Lipinski definition) is 2. The number of benzene rings is 4. The number of hydrogen-bond acceptors (Lipinski definition) is 6. The van der Waals surface area contributed by atoms with Crippen LogP contribution in [0.5, 0.6) is 11.5 Å². The Labute approximate surface area is 217 Å². The lowest BCUT2D eigenvalue weighted by molar-refractivity contribution is -0.136. The summed E-state index contributed by atoms with van der Waals surface area (Å²) in [7, 11) is 0. The van der Waals surface area contributed by atoms with Crippen molar-refractivity contribution in [2.45, 2.75) is 6.92 Å². The fourth-order valence-electron chi connectivity index (χ4n) is 3.44. The largest absolute Gasteiger partial charge is 0.494 e. The first-order valence-electron chi connectivity index (χ1n) is 11.3. The van der Waals surface area contributed by atoms with Crippen molar-refractivity contribution in [2.24, 2.45) is 5.10 Å². The van der Waals surface area contributed by atoms with Gasteiger partial charge in [-0.05, 0) is 72.3 Å². The molecule has 0 atom stereocenters. The Hall–Kier alpha value is -4.69. The van der Waals surface area contributed by atoms with E-state index < -0.39 is 17.8 Å². The highest BCUT2D eigenvalue weighted by Gasteiger charge is 2.15. The fraction of sp³-hybridized carbons (Fsp3) is 0.0714. The highest BCUT2D eigenvalue weighted by molar-refractivity contribution is 6.39. The van der Waals surface area contributed by atoms with E-state index >= 15 is 0 Å². The summed E-state index contributed by atoms with van der Waals surface area (Å²) in [6.45, 7) is 2.39. The van der Waals surface area contributed by atoms with Crippen LogP contribution in [0.3, 0.4) is 0 Å². The van der Waals surface area contributed by atoms with Crippen molar-refractivity contribution in [1.82, 2.24) is 5.43 Å². The first-order chi connectivity index (χ1) is 17.9. The lowest BCUT2D eigenvalue weighted by atomic mass is 10.0. The van der Waals surface area contributed by atoms with E-state index in [9.17, 15) is 14.4 Å². The van der Waals surface area contributed by atoms with Crippen molar-refractivity contribution < 1.29 is 23.9 Å². The molecule has 0 fully saturated rings. The van der Waals surface area contributed by atoms with E-state index in [1.807, 2.05) is 31.2 Å². The maximum Gasteiger partial charge on any atom is 0.343 e. The number of nitrogens with zero attached hydrogens (tertiary/aromatic N) is 1. The Balaban J connectivity index is 1.49. The number of halogens is 1. The average molecular weight is 516 g/mol. The molecule has 9 heteroatoms. The van der Waals surface area contributed by atoms with Gasteiger partial charge >= 0.3 is 17.8 Å². The molecular formula is C28H22ClN3O5. The second kappa shape index (κ2) is 11.8. The predicted octanol–water partition coefficient (Wildman–Crippen LogP) is 5.20. The number of hydrazone groups is 1. The predicted molar refractivity (Wildman–Crippen MR) is 142 cm³/mol. The van der Waals surface area contributed by atoms with Gasteiger partial charge in [0, 0.05) is 16.3 Å². The number of esters is 1.